The first kappa shape index (κ1) is 13.4. The minimum absolute atomic E-state index is 0.126. The van der Waals surface area contributed by atoms with Crippen molar-refractivity contribution in [2.75, 3.05) is 5.43 Å². The number of nitrogens with zero attached hydrogens (tertiary/aromatic N) is 2. The molecule has 3 rings (SSSR count). The van der Waals surface area contributed by atoms with Gasteiger partial charge in [-0.15, -0.1) is 0 Å². The third-order valence-corrected chi connectivity index (χ3v) is 3.25. The number of rotatable bonds is 3. The van der Waals surface area contributed by atoms with Crippen LogP contribution in [0.15, 0.2) is 59.8 Å². The van der Waals surface area contributed by atoms with E-state index in [-0.39, 0.29) is 5.75 Å². The maximum atomic E-state index is 9.71. The molecule has 5 heteroatoms. The predicted octanol–water partition coefficient (Wildman–Crippen LogP) is 4.04. The smallest absolute Gasteiger partial charge is 0.124 e. The van der Waals surface area contributed by atoms with E-state index in [1.54, 1.807) is 18.3 Å². The standard InChI is InChI=1S/C16H12ClN3O/c17-13-6-7-15(21)12(9-13)10-19-20-14-5-1-3-11-4-2-8-18-16(11)14/h1-10,20-21H. The zero-order valence-electron chi connectivity index (χ0n) is 11.0. The molecule has 4 nitrogen and oxygen atoms in total. The van der Waals surface area contributed by atoms with Crippen molar-refractivity contribution in [1.29, 1.82) is 0 Å². The number of anilines is 1. The number of fused-ring (bicyclic) bond motifs is 1. The van der Waals surface area contributed by atoms with Crippen molar-refractivity contribution in [2.24, 2.45) is 5.10 Å². The van der Waals surface area contributed by atoms with Crippen molar-refractivity contribution in [2.45, 2.75) is 0 Å². The highest BCUT2D eigenvalue weighted by molar-refractivity contribution is 6.30. The van der Waals surface area contributed by atoms with Gasteiger partial charge in [0, 0.05) is 22.2 Å². The second-order valence-electron chi connectivity index (χ2n) is 4.45. The van der Waals surface area contributed by atoms with E-state index in [0.717, 1.165) is 16.6 Å². The summed E-state index contributed by atoms with van der Waals surface area (Å²) in [6.45, 7) is 0. The third kappa shape index (κ3) is 2.95. The van der Waals surface area contributed by atoms with Gasteiger partial charge < -0.3 is 5.11 Å². The number of hydrogen-bond donors (Lipinski definition) is 2. The van der Waals surface area contributed by atoms with Gasteiger partial charge in [0.25, 0.3) is 0 Å². The second-order valence-corrected chi connectivity index (χ2v) is 4.89. The van der Waals surface area contributed by atoms with Crippen LogP contribution in [0, 0.1) is 0 Å². The molecule has 0 aliphatic heterocycles. The molecular weight excluding hydrogens is 286 g/mol. The predicted molar refractivity (Wildman–Crippen MR) is 86.1 cm³/mol. The molecule has 0 bridgehead atoms. The maximum absolute atomic E-state index is 9.71. The largest absolute Gasteiger partial charge is 0.507 e. The quantitative estimate of drug-likeness (QED) is 0.566. The topological polar surface area (TPSA) is 57.5 Å². The summed E-state index contributed by atoms with van der Waals surface area (Å²) in [5.41, 5.74) is 5.12. The summed E-state index contributed by atoms with van der Waals surface area (Å²) in [4.78, 5) is 4.33. The summed E-state index contributed by atoms with van der Waals surface area (Å²) in [7, 11) is 0. The molecule has 0 aliphatic carbocycles. The van der Waals surface area contributed by atoms with Crippen molar-refractivity contribution in [3.8, 4) is 5.75 Å². The molecule has 0 fully saturated rings. The minimum atomic E-state index is 0.126. The summed E-state index contributed by atoms with van der Waals surface area (Å²) < 4.78 is 0. The zero-order chi connectivity index (χ0) is 14.7. The Labute approximate surface area is 126 Å². The van der Waals surface area contributed by atoms with Gasteiger partial charge in [0.1, 0.15) is 5.75 Å². The molecule has 1 heterocycles. The normalized spacial score (nSPS) is 11.1. The first-order chi connectivity index (χ1) is 10.2. The van der Waals surface area contributed by atoms with Crippen LogP contribution in [0.2, 0.25) is 5.02 Å². The zero-order valence-corrected chi connectivity index (χ0v) is 11.7. The van der Waals surface area contributed by atoms with E-state index < -0.39 is 0 Å². The summed E-state index contributed by atoms with van der Waals surface area (Å²) in [5, 5.41) is 15.4. The lowest BCUT2D eigenvalue weighted by molar-refractivity contribution is 0.474. The van der Waals surface area contributed by atoms with Crippen LogP contribution in [0.4, 0.5) is 5.69 Å². The number of hydrazone groups is 1. The molecule has 3 aromatic rings. The molecule has 0 spiro atoms. The molecule has 0 aliphatic rings. The van der Waals surface area contributed by atoms with E-state index in [1.807, 2.05) is 30.3 Å². The lowest BCUT2D eigenvalue weighted by Gasteiger charge is -2.04. The van der Waals surface area contributed by atoms with Gasteiger partial charge in [-0.3, -0.25) is 10.4 Å². The molecule has 0 saturated carbocycles. The second kappa shape index (κ2) is 5.81. The lowest BCUT2D eigenvalue weighted by Crippen LogP contribution is -1.93. The highest BCUT2D eigenvalue weighted by atomic mass is 35.5. The number of phenols is 1. The summed E-state index contributed by atoms with van der Waals surface area (Å²) in [5.74, 6) is 0.126. The number of nitrogens with one attached hydrogen (secondary N) is 1. The van der Waals surface area contributed by atoms with Gasteiger partial charge in [-0.05, 0) is 30.3 Å². The minimum Gasteiger partial charge on any atom is -0.507 e. The molecular formula is C16H12ClN3O. The van der Waals surface area contributed by atoms with E-state index >= 15 is 0 Å². The van der Waals surface area contributed by atoms with Gasteiger partial charge in [-0.25, -0.2) is 0 Å². The van der Waals surface area contributed by atoms with Crippen LogP contribution in [0.3, 0.4) is 0 Å². The van der Waals surface area contributed by atoms with Crippen LogP contribution in [0.5, 0.6) is 5.75 Å². The summed E-state index contributed by atoms with van der Waals surface area (Å²) in [6.07, 6.45) is 3.25. The first-order valence-electron chi connectivity index (χ1n) is 6.35. The number of aromatic hydroxyl groups is 1. The Morgan fingerprint density at radius 3 is 2.90 bits per heavy atom. The van der Waals surface area contributed by atoms with Crippen molar-refractivity contribution < 1.29 is 5.11 Å². The molecule has 0 atom stereocenters. The van der Waals surface area contributed by atoms with E-state index in [4.69, 9.17) is 11.6 Å². The molecule has 2 N–H and O–H groups in total. The average Bonchev–Trinajstić information content (AvgIpc) is 2.51. The summed E-state index contributed by atoms with van der Waals surface area (Å²) in [6, 6.07) is 14.5. The van der Waals surface area contributed by atoms with E-state index in [1.165, 1.54) is 12.3 Å². The molecule has 1 aromatic heterocycles. The number of halogens is 1. The fourth-order valence-corrected chi connectivity index (χ4v) is 2.18. The van der Waals surface area contributed by atoms with Gasteiger partial charge in [0.05, 0.1) is 17.4 Å². The van der Waals surface area contributed by atoms with Crippen molar-refractivity contribution in [3.63, 3.8) is 0 Å². The van der Waals surface area contributed by atoms with Crippen LogP contribution in [-0.4, -0.2) is 16.3 Å². The van der Waals surface area contributed by atoms with Gasteiger partial charge in [-0.2, -0.15) is 5.10 Å². The van der Waals surface area contributed by atoms with E-state index in [0.29, 0.717) is 10.6 Å². The van der Waals surface area contributed by atoms with Crippen molar-refractivity contribution in [1.82, 2.24) is 4.98 Å². The Kier molecular flexibility index (Phi) is 3.71. The van der Waals surface area contributed by atoms with Gasteiger partial charge >= 0.3 is 0 Å². The number of phenolic OH excluding ortho intramolecular Hbond substituents is 1. The Morgan fingerprint density at radius 1 is 1.14 bits per heavy atom. The number of aromatic nitrogens is 1. The fraction of sp³-hybridized carbons (Fsp3) is 0. The highest BCUT2D eigenvalue weighted by Crippen LogP contribution is 2.22. The monoisotopic (exact) mass is 297 g/mol. The van der Waals surface area contributed by atoms with Crippen LogP contribution in [0.1, 0.15) is 5.56 Å². The van der Waals surface area contributed by atoms with Crippen LogP contribution < -0.4 is 5.43 Å². The highest BCUT2D eigenvalue weighted by Gasteiger charge is 2.01. The Morgan fingerprint density at radius 2 is 2.00 bits per heavy atom. The Bertz CT molecular complexity index is 812. The average molecular weight is 298 g/mol. The van der Waals surface area contributed by atoms with Crippen LogP contribution in [0.25, 0.3) is 10.9 Å². The molecule has 104 valence electrons. The molecule has 0 radical (unpaired) electrons. The molecule has 21 heavy (non-hydrogen) atoms. The van der Waals surface area contributed by atoms with Gasteiger partial charge in [0.15, 0.2) is 0 Å². The number of hydrogen-bond acceptors (Lipinski definition) is 4. The van der Waals surface area contributed by atoms with Gasteiger partial charge in [-0.1, -0.05) is 29.8 Å². The number of para-hydroxylation sites is 1. The van der Waals surface area contributed by atoms with Crippen LogP contribution in [-0.2, 0) is 0 Å². The first-order valence-corrected chi connectivity index (χ1v) is 6.73. The third-order valence-electron chi connectivity index (χ3n) is 3.01. The van der Waals surface area contributed by atoms with Gasteiger partial charge in [0.2, 0.25) is 0 Å². The Balaban J connectivity index is 1.86. The van der Waals surface area contributed by atoms with E-state index in [9.17, 15) is 5.11 Å². The molecule has 2 aromatic carbocycles. The maximum Gasteiger partial charge on any atom is 0.124 e. The lowest BCUT2D eigenvalue weighted by atomic mass is 10.2. The molecule has 0 unspecified atom stereocenters. The van der Waals surface area contributed by atoms with Crippen molar-refractivity contribution in [3.05, 3.63) is 65.3 Å². The SMILES string of the molecule is Oc1ccc(Cl)cc1C=NNc1cccc2cccnc12. The number of pyridine rings is 1. The Hall–Kier alpha value is -2.59. The summed E-state index contributed by atoms with van der Waals surface area (Å²) >= 11 is 5.89. The van der Waals surface area contributed by atoms with Crippen molar-refractivity contribution >= 4 is 34.4 Å². The number of benzene rings is 2. The van der Waals surface area contributed by atoms with Crippen LogP contribution >= 0.6 is 11.6 Å². The fourth-order valence-electron chi connectivity index (χ4n) is 1.99. The van der Waals surface area contributed by atoms with E-state index in [2.05, 4.69) is 15.5 Å². The molecule has 0 saturated heterocycles. The molecule has 0 amide bonds.